The van der Waals surface area contributed by atoms with E-state index in [-0.39, 0.29) is 5.78 Å². The van der Waals surface area contributed by atoms with Gasteiger partial charge in [-0.1, -0.05) is 18.5 Å². The number of aromatic nitrogens is 2. The SMILES string of the molecule is CCc1nc(Oc2ccc(C(C)=O)cc2Cl)c2ccsc2n1. The predicted molar refractivity (Wildman–Crippen MR) is 88.3 cm³/mol. The van der Waals surface area contributed by atoms with Crippen molar-refractivity contribution < 1.29 is 9.53 Å². The monoisotopic (exact) mass is 332 g/mol. The Labute approximate surface area is 136 Å². The van der Waals surface area contributed by atoms with Gasteiger partial charge in [0, 0.05) is 12.0 Å². The van der Waals surface area contributed by atoms with Crippen LogP contribution in [-0.2, 0) is 6.42 Å². The molecular weight excluding hydrogens is 320 g/mol. The molecule has 0 fully saturated rings. The molecule has 3 rings (SSSR count). The molecule has 0 aliphatic heterocycles. The summed E-state index contributed by atoms with van der Waals surface area (Å²) in [5, 5.41) is 3.19. The van der Waals surface area contributed by atoms with Crippen LogP contribution in [0.4, 0.5) is 0 Å². The number of hydrogen-bond acceptors (Lipinski definition) is 5. The molecule has 6 heteroatoms. The Morgan fingerprint density at radius 2 is 2.14 bits per heavy atom. The Kier molecular flexibility index (Phi) is 4.09. The van der Waals surface area contributed by atoms with E-state index >= 15 is 0 Å². The van der Waals surface area contributed by atoms with Gasteiger partial charge in [-0.25, -0.2) is 4.98 Å². The van der Waals surface area contributed by atoms with Gasteiger partial charge >= 0.3 is 0 Å². The number of thiophene rings is 1. The summed E-state index contributed by atoms with van der Waals surface area (Å²) in [5.74, 6) is 1.64. The molecular formula is C16H13ClN2O2S. The Balaban J connectivity index is 2.02. The lowest BCUT2D eigenvalue weighted by Crippen LogP contribution is -1.97. The summed E-state index contributed by atoms with van der Waals surface area (Å²) >= 11 is 7.75. The maximum atomic E-state index is 11.4. The molecule has 0 bridgehead atoms. The first-order valence-corrected chi connectivity index (χ1v) is 8.06. The Bertz CT molecular complexity index is 860. The van der Waals surface area contributed by atoms with E-state index in [1.807, 2.05) is 18.4 Å². The van der Waals surface area contributed by atoms with Gasteiger partial charge in [-0.3, -0.25) is 4.79 Å². The number of hydrogen-bond donors (Lipinski definition) is 0. The van der Waals surface area contributed by atoms with Gasteiger partial charge in [0.1, 0.15) is 16.4 Å². The Hall–Kier alpha value is -1.98. The summed E-state index contributed by atoms with van der Waals surface area (Å²) < 4.78 is 5.87. The van der Waals surface area contributed by atoms with Crippen LogP contribution in [0.15, 0.2) is 29.6 Å². The van der Waals surface area contributed by atoms with Crippen LogP contribution in [0.25, 0.3) is 10.2 Å². The largest absolute Gasteiger partial charge is 0.437 e. The first-order valence-electron chi connectivity index (χ1n) is 6.81. The summed E-state index contributed by atoms with van der Waals surface area (Å²) in [6, 6.07) is 6.90. The molecule has 112 valence electrons. The molecule has 4 nitrogen and oxygen atoms in total. The fourth-order valence-electron chi connectivity index (χ4n) is 2.01. The van der Waals surface area contributed by atoms with Crippen molar-refractivity contribution in [3.63, 3.8) is 0 Å². The minimum atomic E-state index is -0.0380. The molecule has 0 radical (unpaired) electrons. The average Bonchev–Trinajstić information content (AvgIpc) is 2.97. The Morgan fingerprint density at radius 1 is 1.32 bits per heavy atom. The van der Waals surface area contributed by atoms with Crippen molar-refractivity contribution >= 4 is 38.9 Å². The highest BCUT2D eigenvalue weighted by atomic mass is 35.5. The normalized spacial score (nSPS) is 10.9. The van der Waals surface area contributed by atoms with Crippen molar-refractivity contribution in [2.75, 3.05) is 0 Å². The van der Waals surface area contributed by atoms with Crippen molar-refractivity contribution in [2.24, 2.45) is 0 Å². The van der Waals surface area contributed by atoms with Gasteiger partial charge in [0.05, 0.1) is 10.4 Å². The first kappa shape index (κ1) is 14.9. The molecule has 0 N–H and O–H groups in total. The molecule has 0 spiro atoms. The van der Waals surface area contributed by atoms with Gasteiger partial charge in [-0.15, -0.1) is 11.3 Å². The summed E-state index contributed by atoms with van der Waals surface area (Å²) in [5.41, 5.74) is 0.551. The standard InChI is InChI=1S/C16H13ClN2O2S/c1-3-14-18-15(11-6-7-22-16(11)19-14)21-13-5-4-10(9(2)20)8-12(13)17/h4-8H,3H2,1-2H3. The number of benzene rings is 1. The third kappa shape index (κ3) is 2.82. The number of ether oxygens (including phenoxy) is 1. The highest BCUT2D eigenvalue weighted by Crippen LogP contribution is 2.34. The molecule has 2 heterocycles. The van der Waals surface area contributed by atoms with Crippen LogP contribution in [0.2, 0.25) is 5.02 Å². The third-order valence-electron chi connectivity index (χ3n) is 3.20. The van der Waals surface area contributed by atoms with Crippen LogP contribution in [0.5, 0.6) is 11.6 Å². The number of rotatable bonds is 4. The zero-order valence-corrected chi connectivity index (χ0v) is 13.7. The number of aryl methyl sites for hydroxylation is 1. The number of carbonyl (C=O) groups is 1. The number of carbonyl (C=O) groups excluding carboxylic acids is 1. The molecule has 0 saturated carbocycles. The number of fused-ring (bicyclic) bond motifs is 1. The highest BCUT2D eigenvalue weighted by molar-refractivity contribution is 7.16. The van der Waals surface area contributed by atoms with Gasteiger partial charge in [0.15, 0.2) is 5.78 Å². The van der Waals surface area contributed by atoms with Crippen molar-refractivity contribution in [1.82, 2.24) is 9.97 Å². The van der Waals surface area contributed by atoms with E-state index in [0.29, 0.717) is 22.2 Å². The summed E-state index contributed by atoms with van der Waals surface area (Å²) in [4.78, 5) is 21.2. The van der Waals surface area contributed by atoms with Crippen molar-refractivity contribution in [2.45, 2.75) is 20.3 Å². The molecule has 3 aromatic rings. The van der Waals surface area contributed by atoms with E-state index in [1.165, 1.54) is 6.92 Å². The summed E-state index contributed by atoms with van der Waals surface area (Å²) in [7, 11) is 0. The number of halogens is 1. The lowest BCUT2D eigenvalue weighted by molar-refractivity contribution is 0.101. The van der Waals surface area contributed by atoms with Crippen LogP contribution in [0.1, 0.15) is 30.0 Å². The maximum absolute atomic E-state index is 11.4. The van der Waals surface area contributed by atoms with E-state index in [9.17, 15) is 4.79 Å². The fourth-order valence-corrected chi connectivity index (χ4v) is 3.01. The minimum Gasteiger partial charge on any atom is -0.437 e. The Morgan fingerprint density at radius 3 is 2.82 bits per heavy atom. The lowest BCUT2D eigenvalue weighted by Gasteiger charge is -2.09. The predicted octanol–water partition coefficient (Wildman–Crippen LogP) is 4.90. The lowest BCUT2D eigenvalue weighted by atomic mass is 10.1. The average molecular weight is 333 g/mol. The molecule has 2 aromatic heterocycles. The van der Waals surface area contributed by atoms with Gasteiger partial charge in [-0.05, 0) is 36.6 Å². The van der Waals surface area contributed by atoms with Gasteiger partial charge in [0.2, 0.25) is 5.88 Å². The van der Waals surface area contributed by atoms with E-state index in [1.54, 1.807) is 29.5 Å². The van der Waals surface area contributed by atoms with Crippen molar-refractivity contribution in [1.29, 1.82) is 0 Å². The van der Waals surface area contributed by atoms with E-state index in [2.05, 4.69) is 9.97 Å². The quantitative estimate of drug-likeness (QED) is 0.637. The van der Waals surface area contributed by atoms with Crippen LogP contribution >= 0.6 is 22.9 Å². The topological polar surface area (TPSA) is 52.1 Å². The molecule has 0 unspecified atom stereocenters. The van der Waals surface area contributed by atoms with Crippen LogP contribution < -0.4 is 4.74 Å². The molecule has 0 aliphatic carbocycles. The minimum absolute atomic E-state index is 0.0380. The molecule has 1 aromatic carbocycles. The number of ketones is 1. The fraction of sp³-hybridized carbons (Fsp3) is 0.188. The second kappa shape index (κ2) is 6.02. The summed E-state index contributed by atoms with van der Waals surface area (Å²) in [6.45, 7) is 3.49. The molecule has 0 aliphatic rings. The van der Waals surface area contributed by atoms with Crippen molar-refractivity contribution in [3.05, 3.63) is 46.1 Å². The van der Waals surface area contributed by atoms with Crippen LogP contribution in [0, 0.1) is 0 Å². The second-order valence-electron chi connectivity index (χ2n) is 4.74. The third-order valence-corrected chi connectivity index (χ3v) is 4.30. The second-order valence-corrected chi connectivity index (χ2v) is 6.04. The molecule has 0 amide bonds. The molecule has 0 atom stereocenters. The van der Waals surface area contributed by atoms with Gasteiger partial charge in [0.25, 0.3) is 0 Å². The van der Waals surface area contributed by atoms with Gasteiger partial charge in [-0.2, -0.15) is 4.98 Å². The van der Waals surface area contributed by atoms with E-state index in [0.717, 1.165) is 22.5 Å². The van der Waals surface area contributed by atoms with Gasteiger partial charge < -0.3 is 4.74 Å². The number of Topliss-reactive ketones (excluding diaryl/α,β-unsaturated/α-hetero) is 1. The zero-order chi connectivity index (χ0) is 15.7. The smallest absolute Gasteiger partial charge is 0.231 e. The van der Waals surface area contributed by atoms with Crippen LogP contribution in [-0.4, -0.2) is 15.8 Å². The van der Waals surface area contributed by atoms with E-state index in [4.69, 9.17) is 16.3 Å². The zero-order valence-electron chi connectivity index (χ0n) is 12.1. The first-order chi connectivity index (χ1) is 10.6. The van der Waals surface area contributed by atoms with Crippen LogP contribution in [0.3, 0.4) is 0 Å². The molecule has 22 heavy (non-hydrogen) atoms. The maximum Gasteiger partial charge on any atom is 0.231 e. The highest BCUT2D eigenvalue weighted by Gasteiger charge is 2.13. The van der Waals surface area contributed by atoms with E-state index < -0.39 is 0 Å². The molecule has 0 saturated heterocycles. The number of nitrogens with zero attached hydrogens (tertiary/aromatic N) is 2. The van der Waals surface area contributed by atoms with Crippen molar-refractivity contribution in [3.8, 4) is 11.6 Å². The summed E-state index contributed by atoms with van der Waals surface area (Å²) in [6.07, 6.45) is 0.723.